The highest BCUT2D eigenvalue weighted by molar-refractivity contribution is 6.51. The van der Waals surface area contributed by atoms with Crippen LogP contribution >= 0.6 is 0 Å². The van der Waals surface area contributed by atoms with Gasteiger partial charge in [-0.15, -0.1) is 0 Å². The van der Waals surface area contributed by atoms with Crippen LogP contribution in [0.5, 0.6) is 11.5 Å². The maximum absolute atomic E-state index is 13.3. The quantitative estimate of drug-likeness (QED) is 0.354. The predicted octanol–water partition coefficient (Wildman–Crippen LogP) is 4.91. The highest BCUT2D eigenvalue weighted by Crippen LogP contribution is 2.45. The minimum Gasteiger partial charge on any atom is -0.507 e. The van der Waals surface area contributed by atoms with Crippen molar-refractivity contribution in [2.75, 3.05) is 11.7 Å². The number of aliphatic hydroxyl groups excluding tert-OH is 1. The molecule has 1 amide bonds. The third-order valence-corrected chi connectivity index (χ3v) is 6.07. The summed E-state index contributed by atoms with van der Waals surface area (Å²) in [5.74, 6) is -0.528. The summed E-state index contributed by atoms with van der Waals surface area (Å²) in [7, 11) is 0. The Hall–Kier alpha value is -4.06. The number of nitrogens with zero attached hydrogens (tertiary/aromatic N) is 1. The van der Waals surface area contributed by atoms with Gasteiger partial charge < -0.3 is 14.6 Å². The molecule has 166 valence electrons. The van der Waals surface area contributed by atoms with E-state index in [4.69, 9.17) is 9.47 Å². The molecule has 1 atom stereocenters. The highest BCUT2D eigenvalue weighted by atomic mass is 16.7. The topological polar surface area (TPSA) is 76.1 Å². The van der Waals surface area contributed by atoms with E-state index in [0.717, 1.165) is 23.1 Å². The van der Waals surface area contributed by atoms with Gasteiger partial charge in [0.15, 0.2) is 11.5 Å². The normalized spacial score (nSPS) is 18.7. The first kappa shape index (κ1) is 20.8. The fourth-order valence-corrected chi connectivity index (χ4v) is 4.34. The molecule has 33 heavy (non-hydrogen) atoms. The van der Waals surface area contributed by atoms with Crippen LogP contribution in [0, 0.1) is 6.92 Å². The number of rotatable bonds is 4. The molecule has 6 nitrogen and oxygen atoms in total. The molecular weight excluding hydrogens is 418 g/mol. The zero-order valence-electron chi connectivity index (χ0n) is 18.4. The van der Waals surface area contributed by atoms with Crippen LogP contribution < -0.4 is 14.4 Å². The average molecular weight is 441 g/mol. The highest BCUT2D eigenvalue weighted by Gasteiger charge is 2.47. The summed E-state index contributed by atoms with van der Waals surface area (Å²) in [6.45, 7) is 4.09. The first-order chi connectivity index (χ1) is 16.0. The fraction of sp³-hybridized carbons (Fsp3) is 0.185. The molecule has 0 radical (unpaired) electrons. The van der Waals surface area contributed by atoms with Gasteiger partial charge in [0.2, 0.25) is 6.79 Å². The van der Waals surface area contributed by atoms with Crippen molar-refractivity contribution in [2.45, 2.75) is 26.3 Å². The van der Waals surface area contributed by atoms with Gasteiger partial charge in [-0.05, 0) is 36.6 Å². The number of ketones is 1. The van der Waals surface area contributed by atoms with Gasteiger partial charge in [-0.3, -0.25) is 14.5 Å². The SMILES string of the molecule is CCc1ccc(/C(O)=C2\C(=O)C(=O)N(c3ccc4c(c3)OCO4)C2c2cccc(C)c2)cc1. The number of Topliss-reactive ketones (excluding diaryl/α,β-unsaturated/α-hetero) is 1. The van der Waals surface area contributed by atoms with Crippen molar-refractivity contribution in [3.8, 4) is 11.5 Å². The second kappa shape index (κ2) is 8.13. The third-order valence-electron chi connectivity index (χ3n) is 6.07. The standard InChI is InChI=1S/C27H23NO5/c1-3-17-7-9-18(10-8-17)25(29)23-24(19-6-4-5-16(2)13-19)28(27(31)26(23)30)20-11-12-21-22(14-20)33-15-32-21/h4-14,24,29H,3,15H2,1-2H3/b25-23+. The van der Waals surface area contributed by atoms with E-state index >= 15 is 0 Å². The maximum atomic E-state index is 13.3. The van der Waals surface area contributed by atoms with Crippen LogP contribution in [0.2, 0.25) is 0 Å². The van der Waals surface area contributed by atoms with Crippen molar-refractivity contribution in [1.82, 2.24) is 0 Å². The molecule has 0 spiro atoms. The Kier molecular flexibility index (Phi) is 5.13. The Balaban J connectivity index is 1.69. The van der Waals surface area contributed by atoms with Crippen molar-refractivity contribution in [3.63, 3.8) is 0 Å². The zero-order valence-corrected chi connectivity index (χ0v) is 18.4. The molecule has 2 aliphatic rings. The van der Waals surface area contributed by atoms with Gasteiger partial charge in [0.05, 0.1) is 11.6 Å². The molecule has 0 bridgehead atoms. The van der Waals surface area contributed by atoms with Crippen LogP contribution in [-0.2, 0) is 16.0 Å². The lowest BCUT2D eigenvalue weighted by atomic mass is 9.94. The maximum Gasteiger partial charge on any atom is 0.300 e. The van der Waals surface area contributed by atoms with Crippen LogP contribution in [0.4, 0.5) is 5.69 Å². The Morgan fingerprint density at radius 3 is 2.48 bits per heavy atom. The lowest BCUT2D eigenvalue weighted by Gasteiger charge is -2.26. The monoisotopic (exact) mass is 441 g/mol. The van der Waals surface area contributed by atoms with Crippen molar-refractivity contribution >= 4 is 23.1 Å². The fourth-order valence-electron chi connectivity index (χ4n) is 4.34. The Morgan fingerprint density at radius 1 is 1.00 bits per heavy atom. The lowest BCUT2D eigenvalue weighted by molar-refractivity contribution is -0.132. The third kappa shape index (κ3) is 3.53. The molecule has 2 aliphatic heterocycles. The van der Waals surface area contributed by atoms with E-state index in [9.17, 15) is 14.7 Å². The Labute approximate surface area is 191 Å². The summed E-state index contributed by atoms with van der Waals surface area (Å²) in [4.78, 5) is 28.0. The molecule has 3 aromatic rings. The molecule has 1 N–H and O–H groups in total. The summed E-state index contributed by atoms with van der Waals surface area (Å²) >= 11 is 0. The van der Waals surface area contributed by atoms with E-state index in [0.29, 0.717) is 22.7 Å². The number of fused-ring (bicyclic) bond motifs is 1. The summed E-state index contributed by atoms with van der Waals surface area (Å²) < 4.78 is 10.9. The molecule has 0 saturated carbocycles. The molecule has 1 unspecified atom stereocenters. The molecule has 3 aromatic carbocycles. The van der Waals surface area contributed by atoms with Gasteiger partial charge in [-0.2, -0.15) is 0 Å². The molecule has 2 heterocycles. The van der Waals surface area contributed by atoms with Gasteiger partial charge in [-0.25, -0.2) is 0 Å². The van der Waals surface area contributed by atoms with Gasteiger partial charge in [0, 0.05) is 17.3 Å². The number of anilines is 1. The number of carbonyl (C=O) groups excluding carboxylic acids is 2. The number of hydrogen-bond acceptors (Lipinski definition) is 5. The van der Waals surface area contributed by atoms with Crippen molar-refractivity contribution in [1.29, 1.82) is 0 Å². The van der Waals surface area contributed by atoms with Gasteiger partial charge >= 0.3 is 0 Å². The lowest BCUT2D eigenvalue weighted by Crippen LogP contribution is -2.29. The van der Waals surface area contributed by atoms with Crippen LogP contribution in [0.1, 0.15) is 35.2 Å². The summed E-state index contributed by atoms with van der Waals surface area (Å²) in [5, 5.41) is 11.2. The minimum atomic E-state index is -0.781. The number of hydrogen-bond donors (Lipinski definition) is 1. The van der Waals surface area contributed by atoms with Gasteiger partial charge in [0.1, 0.15) is 5.76 Å². The van der Waals surface area contributed by atoms with Crippen LogP contribution in [0.25, 0.3) is 5.76 Å². The summed E-state index contributed by atoms with van der Waals surface area (Å²) in [5.41, 5.74) is 3.88. The molecule has 1 saturated heterocycles. The van der Waals surface area contributed by atoms with E-state index in [1.54, 1.807) is 30.3 Å². The molecule has 6 heteroatoms. The van der Waals surface area contributed by atoms with Crippen molar-refractivity contribution < 1.29 is 24.2 Å². The first-order valence-corrected chi connectivity index (χ1v) is 10.8. The number of carbonyl (C=O) groups is 2. The number of ether oxygens (including phenoxy) is 2. The molecule has 1 fully saturated rings. The minimum absolute atomic E-state index is 0.0625. The van der Waals surface area contributed by atoms with E-state index < -0.39 is 17.7 Å². The van der Waals surface area contributed by atoms with Crippen molar-refractivity contribution in [3.05, 3.63) is 94.6 Å². The molecular formula is C27H23NO5. The van der Waals surface area contributed by atoms with E-state index in [1.165, 1.54) is 4.90 Å². The second-order valence-electron chi connectivity index (χ2n) is 8.17. The van der Waals surface area contributed by atoms with E-state index in [2.05, 4.69) is 0 Å². The average Bonchev–Trinajstić information content (AvgIpc) is 3.40. The molecule has 0 aliphatic carbocycles. The largest absolute Gasteiger partial charge is 0.507 e. The molecule has 0 aromatic heterocycles. The van der Waals surface area contributed by atoms with Crippen LogP contribution in [-0.4, -0.2) is 23.6 Å². The van der Waals surface area contributed by atoms with E-state index in [1.807, 2.05) is 50.2 Å². The smallest absolute Gasteiger partial charge is 0.300 e. The number of amides is 1. The zero-order chi connectivity index (χ0) is 23.1. The van der Waals surface area contributed by atoms with Crippen molar-refractivity contribution in [2.24, 2.45) is 0 Å². The molecule has 5 rings (SSSR count). The summed E-state index contributed by atoms with van der Waals surface area (Å²) in [6.07, 6.45) is 0.860. The Bertz CT molecular complexity index is 1290. The van der Waals surface area contributed by atoms with Crippen LogP contribution in [0.3, 0.4) is 0 Å². The van der Waals surface area contributed by atoms with E-state index in [-0.39, 0.29) is 18.1 Å². The van der Waals surface area contributed by atoms with Gasteiger partial charge in [-0.1, -0.05) is 61.0 Å². The predicted molar refractivity (Wildman–Crippen MR) is 124 cm³/mol. The van der Waals surface area contributed by atoms with Gasteiger partial charge in [0.25, 0.3) is 11.7 Å². The second-order valence-corrected chi connectivity index (χ2v) is 8.17. The van der Waals surface area contributed by atoms with Crippen LogP contribution in [0.15, 0.2) is 72.3 Å². The number of aryl methyl sites for hydroxylation is 2. The number of aliphatic hydroxyl groups is 1. The summed E-state index contributed by atoms with van der Waals surface area (Å²) in [6, 6.07) is 19.3. The Morgan fingerprint density at radius 2 is 1.76 bits per heavy atom. The number of benzene rings is 3. The first-order valence-electron chi connectivity index (χ1n) is 10.8.